The second-order valence-electron chi connectivity index (χ2n) is 4.41. The zero-order valence-electron chi connectivity index (χ0n) is 9.68. The van der Waals surface area contributed by atoms with Crippen molar-refractivity contribution in [1.82, 2.24) is 15.0 Å². The number of hydrogen-bond acceptors (Lipinski definition) is 3. The first-order valence-corrected chi connectivity index (χ1v) is 5.80. The highest BCUT2D eigenvalue weighted by Crippen LogP contribution is 2.21. The lowest BCUT2D eigenvalue weighted by atomic mass is 10.00. The zero-order chi connectivity index (χ0) is 11.8. The largest absolute Gasteiger partial charge is 0.292 e. The maximum absolute atomic E-state index is 11.7. The number of carbonyl (C=O) groups excluding carboxylic acids is 1. The van der Waals surface area contributed by atoms with Gasteiger partial charge in [-0.3, -0.25) is 4.79 Å². The van der Waals surface area contributed by atoms with Gasteiger partial charge in [-0.2, -0.15) is 0 Å². The Labute approximate surface area is 99.3 Å². The maximum atomic E-state index is 11.7. The van der Waals surface area contributed by atoms with Crippen LogP contribution in [0.15, 0.2) is 24.3 Å². The Kier molecular flexibility index (Phi) is 2.28. The normalized spacial score (nSPS) is 14.8. The number of fused-ring (bicyclic) bond motifs is 1. The molecule has 0 spiro atoms. The highest BCUT2D eigenvalue weighted by molar-refractivity contribution is 5.96. The minimum Gasteiger partial charge on any atom is -0.292 e. The Morgan fingerprint density at radius 2 is 1.94 bits per heavy atom. The molecule has 0 aliphatic heterocycles. The van der Waals surface area contributed by atoms with Gasteiger partial charge in [0.2, 0.25) is 0 Å². The Hall–Kier alpha value is -1.97. The number of carbonyl (C=O) groups is 1. The number of benzene rings is 1. The molecular formula is C13H13N3O. The van der Waals surface area contributed by atoms with Crippen molar-refractivity contribution < 1.29 is 4.79 Å². The predicted molar refractivity (Wildman–Crippen MR) is 63.4 cm³/mol. The van der Waals surface area contributed by atoms with E-state index in [1.54, 1.807) is 4.68 Å². The molecule has 0 bridgehead atoms. The summed E-state index contributed by atoms with van der Waals surface area (Å²) in [5, 5.41) is 8.09. The van der Waals surface area contributed by atoms with Crippen molar-refractivity contribution in [2.24, 2.45) is 0 Å². The van der Waals surface area contributed by atoms with Crippen molar-refractivity contribution in [3.63, 3.8) is 0 Å². The SMILES string of the molecule is Cc1ccc(-n2nnc3c2CCCC3=O)cc1. The number of aryl methyl sites for hydroxylation is 1. The van der Waals surface area contributed by atoms with E-state index in [0.717, 1.165) is 24.2 Å². The topological polar surface area (TPSA) is 47.8 Å². The lowest BCUT2D eigenvalue weighted by molar-refractivity contribution is 0.0967. The Morgan fingerprint density at radius 1 is 1.18 bits per heavy atom. The zero-order valence-corrected chi connectivity index (χ0v) is 9.68. The molecule has 1 aliphatic carbocycles. The van der Waals surface area contributed by atoms with Crippen molar-refractivity contribution in [3.05, 3.63) is 41.2 Å². The fourth-order valence-corrected chi connectivity index (χ4v) is 2.17. The smallest absolute Gasteiger partial charge is 0.185 e. The number of rotatable bonds is 1. The van der Waals surface area contributed by atoms with E-state index in [1.807, 2.05) is 31.2 Å². The van der Waals surface area contributed by atoms with Crippen LogP contribution in [0.2, 0.25) is 0 Å². The highest BCUT2D eigenvalue weighted by Gasteiger charge is 2.24. The van der Waals surface area contributed by atoms with E-state index in [0.29, 0.717) is 12.1 Å². The Bertz CT molecular complexity index is 569. The number of aromatic nitrogens is 3. The van der Waals surface area contributed by atoms with E-state index in [4.69, 9.17) is 0 Å². The first-order chi connectivity index (χ1) is 8.25. The van der Waals surface area contributed by atoms with Crippen LogP contribution in [0.1, 0.15) is 34.6 Å². The predicted octanol–water partition coefficient (Wildman–Crippen LogP) is 2.09. The molecule has 0 atom stereocenters. The summed E-state index contributed by atoms with van der Waals surface area (Å²) in [4.78, 5) is 11.7. The minimum absolute atomic E-state index is 0.115. The molecule has 1 heterocycles. The van der Waals surface area contributed by atoms with Gasteiger partial charge in [0.1, 0.15) is 0 Å². The van der Waals surface area contributed by atoms with E-state index < -0.39 is 0 Å². The quantitative estimate of drug-likeness (QED) is 0.749. The van der Waals surface area contributed by atoms with Crippen LogP contribution in [-0.2, 0) is 6.42 Å². The maximum Gasteiger partial charge on any atom is 0.185 e. The molecule has 0 N–H and O–H groups in total. The molecule has 0 saturated heterocycles. The molecule has 3 rings (SSSR count). The van der Waals surface area contributed by atoms with Gasteiger partial charge in [0.05, 0.1) is 11.4 Å². The van der Waals surface area contributed by atoms with Gasteiger partial charge in [0.25, 0.3) is 0 Å². The molecule has 17 heavy (non-hydrogen) atoms. The molecule has 2 aromatic rings. The van der Waals surface area contributed by atoms with Gasteiger partial charge in [-0.05, 0) is 31.9 Å². The van der Waals surface area contributed by atoms with Crippen LogP contribution in [0.4, 0.5) is 0 Å². The second kappa shape index (κ2) is 3.80. The molecule has 0 fully saturated rings. The van der Waals surface area contributed by atoms with E-state index in [1.165, 1.54) is 5.56 Å². The summed E-state index contributed by atoms with van der Waals surface area (Å²) in [6, 6.07) is 8.08. The summed E-state index contributed by atoms with van der Waals surface area (Å²) >= 11 is 0. The van der Waals surface area contributed by atoms with Gasteiger partial charge in [-0.1, -0.05) is 22.9 Å². The molecule has 0 saturated carbocycles. The highest BCUT2D eigenvalue weighted by atomic mass is 16.1. The van der Waals surface area contributed by atoms with E-state index in [9.17, 15) is 4.79 Å². The van der Waals surface area contributed by atoms with Crippen LogP contribution in [0.25, 0.3) is 5.69 Å². The summed E-state index contributed by atoms with van der Waals surface area (Å²) in [5.41, 5.74) is 3.68. The summed E-state index contributed by atoms with van der Waals surface area (Å²) in [6.07, 6.45) is 2.37. The minimum atomic E-state index is 0.115. The molecule has 86 valence electrons. The van der Waals surface area contributed by atoms with Crippen LogP contribution in [-0.4, -0.2) is 20.8 Å². The van der Waals surface area contributed by atoms with Crippen LogP contribution in [0.3, 0.4) is 0 Å². The van der Waals surface area contributed by atoms with E-state index >= 15 is 0 Å². The second-order valence-corrected chi connectivity index (χ2v) is 4.41. The van der Waals surface area contributed by atoms with Gasteiger partial charge in [-0.25, -0.2) is 4.68 Å². The fourth-order valence-electron chi connectivity index (χ4n) is 2.17. The van der Waals surface area contributed by atoms with Crippen molar-refractivity contribution >= 4 is 5.78 Å². The van der Waals surface area contributed by atoms with Crippen molar-refractivity contribution in [2.45, 2.75) is 26.2 Å². The molecule has 0 amide bonds. The van der Waals surface area contributed by atoms with E-state index in [2.05, 4.69) is 10.3 Å². The lowest BCUT2D eigenvalue weighted by Gasteiger charge is -2.11. The van der Waals surface area contributed by atoms with Crippen LogP contribution in [0.5, 0.6) is 0 Å². The first kappa shape index (κ1) is 10.2. The molecule has 1 aliphatic rings. The van der Waals surface area contributed by atoms with Crippen molar-refractivity contribution in [2.75, 3.05) is 0 Å². The summed E-state index contributed by atoms with van der Waals surface area (Å²) < 4.78 is 1.78. The van der Waals surface area contributed by atoms with Gasteiger partial charge >= 0.3 is 0 Å². The third-order valence-electron chi connectivity index (χ3n) is 3.12. The monoisotopic (exact) mass is 227 g/mol. The van der Waals surface area contributed by atoms with Crippen LogP contribution >= 0.6 is 0 Å². The number of Topliss-reactive ketones (excluding diaryl/α,β-unsaturated/α-hetero) is 1. The van der Waals surface area contributed by atoms with Crippen LogP contribution < -0.4 is 0 Å². The lowest BCUT2D eigenvalue weighted by Crippen LogP contribution is -2.13. The fraction of sp³-hybridized carbons (Fsp3) is 0.308. The molecule has 1 aromatic carbocycles. The van der Waals surface area contributed by atoms with Crippen LogP contribution in [0, 0.1) is 6.92 Å². The van der Waals surface area contributed by atoms with Crippen molar-refractivity contribution in [3.8, 4) is 5.69 Å². The third-order valence-corrected chi connectivity index (χ3v) is 3.12. The number of hydrogen-bond donors (Lipinski definition) is 0. The average Bonchev–Trinajstić information content (AvgIpc) is 2.75. The number of ketones is 1. The molecular weight excluding hydrogens is 214 g/mol. The molecule has 1 aromatic heterocycles. The third kappa shape index (κ3) is 1.65. The van der Waals surface area contributed by atoms with Gasteiger partial charge in [0, 0.05) is 6.42 Å². The van der Waals surface area contributed by atoms with Gasteiger partial charge in [-0.15, -0.1) is 5.10 Å². The average molecular weight is 227 g/mol. The van der Waals surface area contributed by atoms with Gasteiger partial charge in [0.15, 0.2) is 11.5 Å². The van der Waals surface area contributed by atoms with E-state index in [-0.39, 0.29) is 5.78 Å². The molecule has 0 radical (unpaired) electrons. The summed E-state index contributed by atoms with van der Waals surface area (Å²) in [6.45, 7) is 2.05. The standard InChI is InChI=1S/C13H13N3O/c1-9-5-7-10(8-6-9)16-11-3-2-4-12(17)13(11)14-15-16/h5-8H,2-4H2,1H3. The number of nitrogens with zero attached hydrogens (tertiary/aromatic N) is 3. The Balaban J connectivity index is 2.10. The Morgan fingerprint density at radius 3 is 2.71 bits per heavy atom. The first-order valence-electron chi connectivity index (χ1n) is 5.80. The van der Waals surface area contributed by atoms with Gasteiger partial charge < -0.3 is 0 Å². The molecule has 4 nitrogen and oxygen atoms in total. The van der Waals surface area contributed by atoms with Crippen molar-refractivity contribution in [1.29, 1.82) is 0 Å². The molecule has 4 heteroatoms. The molecule has 0 unspecified atom stereocenters. The summed E-state index contributed by atoms with van der Waals surface area (Å²) in [7, 11) is 0. The summed E-state index contributed by atoms with van der Waals surface area (Å²) in [5.74, 6) is 0.115.